The number of benzene rings is 1. The number of nitrogens with two attached hydrogens (primary N) is 1. The summed E-state index contributed by atoms with van der Waals surface area (Å²) < 4.78 is 5.28. The van der Waals surface area contributed by atoms with Gasteiger partial charge in [-0.2, -0.15) is 0 Å². The molecule has 0 bridgehead atoms. The summed E-state index contributed by atoms with van der Waals surface area (Å²) in [6.45, 7) is 4.83. The number of aryl methyl sites for hydroxylation is 2. The molecule has 0 spiro atoms. The molecule has 0 aliphatic carbocycles. The van der Waals surface area contributed by atoms with Gasteiger partial charge in [-0.05, 0) is 43.7 Å². The molecular weight excluding hydrogens is 244 g/mol. The number of thiazole rings is 1. The average Bonchev–Trinajstić information content (AvgIpc) is 2.77. The van der Waals surface area contributed by atoms with Crippen LogP contribution in [0.15, 0.2) is 17.5 Å². The molecule has 1 heterocycles. The fourth-order valence-electron chi connectivity index (χ4n) is 2.11. The molecular formula is C14H18N2OS. The Hall–Kier alpha value is -1.39. The Morgan fingerprint density at radius 1 is 1.28 bits per heavy atom. The van der Waals surface area contributed by atoms with Crippen molar-refractivity contribution < 1.29 is 4.74 Å². The number of hydrogen-bond acceptors (Lipinski definition) is 4. The molecule has 1 aromatic heterocycles. The van der Waals surface area contributed by atoms with Gasteiger partial charge >= 0.3 is 0 Å². The highest BCUT2D eigenvalue weighted by molar-refractivity contribution is 7.09. The van der Waals surface area contributed by atoms with E-state index < -0.39 is 0 Å². The number of hydrogen-bond donors (Lipinski definition) is 1. The quantitative estimate of drug-likeness (QED) is 0.921. The van der Waals surface area contributed by atoms with Crippen molar-refractivity contribution >= 4 is 11.3 Å². The minimum absolute atomic E-state index is 0.646. The second kappa shape index (κ2) is 5.50. The lowest BCUT2D eigenvalue weighted by Crippen LogP contribution is -2.02. The second-order valence-electron chi connectivity index (χ2n) is 4.30. The van der Waals surface area contributed by atoms with Gasteiger partial charge in [0.15, 0.2) is 0 Å². The number of nitrogens with zero attached hydrogens (tertiary/aromatic N) is 1. The molecule has 1 aromatic carbocycles. The van der Waals surface area contributed by atoms with Crippen LogP contribution in [-0.4, -0.2) is 18.6 Å². The molecule has 0 aliphatic rings. The lowest BCUT2D eigenvalue weighted by molar-refractivity contribution is 0.414. The fraction of sp³-hybridized carbons (Fsp3) is 0.357. The van der Waals surface area contributed by atoms with E-state index in [1.165, 1.54) is 16.7 Å². The molecule has 0 radical (unpaired) electrons. The van der Waals surface area contributed by atoms with Crippen molar-refractivity contribution in [3.63, 3.8) is 0 Å². The van der Waals surface area contributed by atoms with Gasteiger partial charge in [-0.15, -0.1) is 11.3 Å². The summed E-state index contributed by atoms with van der Waals surface area (Å²) in [6.07, 6.45) is 0.846. The van der Waals surface area contributed by atoms with Crippen LogP contribution in [0.5, 0.6) is 5.75 Å². The van der Waals surface area contributed by atoms with E-state index in [0.29, 0.717) is 6.54 Å². The molecule has 0 aliphatic heterocycles. The van der Waals surface area contributed by atoms with E-state index in [1.807, 2.05) is 12.1 Å². The van der Waals surface area contributed by atoms with Crippen molar-refractivity contribution in [2.75, 3.05) is 13.7 Å². The Balaban J connectivity index is 2.43. The normalized spacial score (nSPS) is 10.7. The second-order valence-corrected chi connectivity index (χ2v) is 5.24. The maximum absolute atomic E-state index is 5.56. The summed E-state index contributed by atoms with van der Waals surface area (Å²) in [5.74, 6) is 0.895. The van der Waals surface area contributed by atoms with Crippen LogP contribution in [0, 0.1) is 13.8 Å². The predicted octanol–water partition coefficient (Wildman–Crippen LogP) is 2.94. The van der Waals surface area contributed by atoms with Crippen molar-refractivity contribution in [3.05, 3.63) is 33.6 Å². The highest BCUT2D eigenvalue weighted by Gasteiger charge is 2.11. The van der Waals surface area contributed by atoms with E-state index in [-0.39, 0.29) is 0 Å². The molecule has 3 nitrogen and oxygen atoms in total. The maximum Gasteiger partial charge on any atom is 0.119 e. The van der Waals surface area contributed by atoms with E-state index in [4.69, 9.17) is 10.5 Å². The van der Waals surface area contributed by atoms with Crippen LogP contribution in [-0.2, 0) is 6.42 Å². The maximum atomic E-state index is 5.56. The largest absolute Gasteiger partial charge is 0.497 e. The van der Waals surface area contributed by atoms with Crippen molar-refractivity contribution in [1.82, 2.24) is 4.98 Å². The van der Waals surface area contributed by atoms with E-state index in [0.717, 1.165) is 22.9 Å². The third-order valence-electron chi connectivity index (χ3n) is 2.91. The smallest absolute Gasteiger partial charge is 0.119 e. The first-order valence-corrected chi connectivity index (χ1v) is 6.83. The zero-order chi connectivity index (χ0) is 13.1. The average molecular weight is 262 g/mol. The molecule has 2 aromatic rings. The first kappa shape index (κ1) is 13.1. The van der Waals surface area contributed by atoms with Crippen LogP contribution < -0.4 is 10.5 Å². The Morgan fingerprint density at radius 2 is 1.94 bits per heavy atom. The van der Waals surface area contributed by atoms with E-state index >= 15 is 0 Å². The molecule has 2 N–H and O–H groups in total. The van der Waals surface area contributed by atoms with Gasteiger partial charge in [-0.1, -0.05) is 0 Å². The minimum Gasteiger partial charge on any atom is -0.497 e. The molecule has 0 fully saturated rings. The molecule has 0 atom stereocenters. The molecule has 0 unspecified atom stereocenters. The van der Waals surface area contributed by atoms with Gasteiger partial charge in [0, 0.05) is 17.4 Å². The summed E-state index contributed by atoms with van der Waals surface area (Å²) in [7, 11) is 1.69. The Labute approximate surface area is 112 Å². The predicted molar refractivity (Wildman–Crippen MR) is 76.3 cm³/mol. The molecule has 96 valence electrons. The number of ether oxygens (including phenoxy) is 1. The zero-order valence-electron chi connectivity index (χ0n) is 11.0. The van der Waals surface area contributed by atoms with Crippen LogP contribution >= 0.6 is 11.3 Å². The van der Waals surface area contributed by atoms with Gasteiger partial charge in [0.2, 0.25) is 0 Å². The number of rotatable bonds is 4. The first-order valence-electron chi connectivity index (χ1n) is 5.95. The minimum atomic E-state index is 0.646. The van der Waals surface area contributed by atoms with Gasteiger partial charge in [0.05, 0.1) is 17.8 Å². The molecule has 0 saturated heterocycles. The monoisotopic (exact) mass is 262 g/mol. The number of methoxy groups -OCH3 is 1. The highest BCUT2D eigenvalue weighted by Crippen LogP contribution is 2.31. The van der Waals surface area contributed by atoms with E-state index in [9.17, 15) is 0 Å². The third kappa shape index (κ3) is 2.54. The van der Waals surface area contributed by atoms with Crippen molar-refractivity contribution in [3.8, 4) is 17.0 Å². The summed E-state index contributed by atoms with van der Waals surface area (Å²) in [5.41, 5.74) is 10.2. The molecule has 0 amide bonds. The van der Waals surface area contributed by atoms with E-state index in [2.05, 4.69) is 24.2 Å². The summed E-state index contributed by atoms with van der Waals surface area (Å²) >= 11 is 1.67. The van der Waals surface area contributed by atoms with E-state index in [1.54, 1.807) is 18.4 Å². The van der Waals surface area contributed by atoms with Crippen molar-refractivity contribution in [2.45, 2.75) is 20.3 Å². The standard InChI is InChI=1S/C14H18N2OS/c1-9-6-11(17-3)7-10(2)14(9)12-8-18-13(16-12)4-5-15/h6-8H,4-5,15H2,1-3H3. The topological polar surface area (TPSA) is 48.1 Å². The lowest BCUT2D eigenvalue weighted by atomic mass is 10.0. The Bertz CT molecular complexity index is 525. The third-order valence-corrected chi connectivity index (χ3v) is 3.82. The van der Waals surface area contributed by atoms with Crippen LogP contribution in [0.2, 0.25) is 0 Å². The van der Waals surface area contributed by atoms with Crippen LogP contribution in [0.3, 0.4) is 0 Å². The first-order chi connectivity index (χ1) is 8.65. The Kier molecular flexibility index (Phi) is 3.99. The Morgan fingerprint density at radius 3 is 2.50 bits per heavy atom. The van der Waals surface area contributed by atoms with Gasteiger partial charge in [-0.25, -0.2) is 4.98 Å². The summed E-state index contributed by atoms with van der Waals surface area (Å²) in [6, 6.07) is 4.09. The van der Waals surface area contributed by atoms with Crippen molar-refractivity contribution in [2.24, 2.45) is 5.73 Å². The van der Waals surface area contributed by atoms with Crippen LogP contribution in [0.4, 0.5) is 0 Å². The molecule has 18 heavy (non-hydrogen) atoms. The van der Waals surface area contributed by atoms with Gasteiger partial charge < -0.3 is 10.5 Å². The molecule has 0 saturated carbocycles. The lowest BCUT2D eigenvalue weighted by Gasteiger charge is -2.10. The van der Waals surface area contributed by atoms with Gasteiger partial charge in [0.25, 0.3) is 0 Å². The summed E-state index contributed by atoms with van der Waals surface area (Å²) in [4.78, 5) is 4.65. The SMILES string of the molecule is COc1cc(C)c(-c2csc(CCN)n2)c(C)c1. The van der Waals surface area contributed by atoms with Crippen LogP contribution in [0.1, 0.15) is 16.1 Å². The molecule has 4 heteroatoms. The number of aromatic nitrogens is 1. The van der Waals surface area contributed by atoms with Crippen molar-refractivity contribution in [1.29, 1.82) is 0 Å². The van der Waals surface area contributed by atoms with Crippen LogP contribution in [0.25, 0.3) is 11.3 Å². The van der Waals surface area contributed by atoms with Gasteiger partial charge in [0.1, 0.15) is 5.75 Å². The summed E-state index contributed by atoms with van der Waals surface area (Å²) in [5, 5.41) is 3.20. The fourth-order valence-corrected chi connectivity index (χ4v) is 2.91. The zero-order valence-corrected chi connectivity index (χ0v) is 11.8. The van der Waals surface area contributed by atoms with Gasteiger partial charge in [-0.3, -0.25) is 0 Å². The molecule has 2 rings (SSSR count). The highest BCUT2D eigenvalue weighted by atomic mass is 32.1.